The summed E-state index contributed by atoms with van der Waals surface area (Å²) in [5.74, 6) is 1.92. The Morgan fingerprint density at radius 2 is 2.25 bits per heavy atom. The molecular formula is C7H14S. The van der Waals surface area contributed by atoms with E-state index in [4.69, 9.17) is 0 Å². The van der Waals surface area contributed by atoms with Crippen molar-refractivity contribution >= 4 is 12.6 Å². The van der Waals surface area contributed by atoms with Crippen molar-refractivity contribution in [2.45, 2.75) is 31.9 Å². The highest BCUT2D eigenvalue weighted by atomic mass is 32.1. The van der Waals surface area contributed by atoms with E-state index in [2.05, 4.69) is 26.5 Å². The van der Waals surface area contributed by atoms with E-state index < -0.39 is 0 Å². The van der Waals surface area contributed by atoms with Crippen LogP contribution in [0.5, 0.6) is 0 Å². The Kier molecular flexibility index (Phi) is 1.86. The fourth-order valence-corrected chi connectivity index (χ4v) is 1.61. The van der Waals surface area contributed by atoms with Gasteiger partial charge in [-0.1, -0.05) is 13.8 Å². The summed E-state index contributed by atoms with van der Waals surface area (Å²) in [6.45, 7) is 4.52. The van der Waals surface area contributed by atoms with Gasteiger partial charge in [-0.2, -0.15) is 12.6 Å². The zero-order valence-corrected chi connectivity index (χ0v) is 6.49. The van der Waals surface area contributed by atoms with Crippen LogP contribution in [0, 0.1) is 11.8 Å². The van der Waals surface area contributed by atoms with Gasteiger partial charge in [-0.15, -0.1) is 0 Å². The Morgan fingerprint density at radius 3 is 2.38 bits per heavy atom. The number of hydrogen-bond acceptors (Lipinski definition) is 1. The molecule has 1 fully saturated rings. The Labute approximate surface area is 57.1 Å². The molecule has 1 heteroatoms. The second-order valence-electron chi connectivity index (χ2n) is 2.85. The normalized spacial score (nSPS) is 39.4. The highest BCUT2D eigenvalue weighted by Gasteiger charge is 2.36. The lowest BCUT2D eigenvalue weighted by molar-refractivity contribution is 0.682. The fourth-order valence-electron chi connectivity index (χ4n) is 1.19. The molecule has 0 aliphatic heterocycles. The monoisotopic (exact) mass is 130 g/mol. The molecule has 0 radical (unpaired) electrons. The van der Waals surface area contributed by atoms with Gasteiger partial charge in [0.25, 0.3) is 0 Å². The third kappa shape index (κ3) is 1.19. The molecule has 3 atom stereocenters. The van der Waals surface area contributed by atoms with Crippen LogP contribution in [-0.4, -0.2) is 5.25 Å². The molecule has 0 bridgehead atoms. The predicted molar refractivity (Wildman–Crippen MR) is 40.3 cm³/mol. The van der Waals surface area contributed by atoms with Gasteiger partial charge in [-0.3, -0.25) is 0 Å². The van der Waals surface area contributed by atoms with E-state index in [0.29, 0.717) is 5.25 Å². The first-order valence-corrected chi connectivity index (χ1v) is 3.95. The van der Waals surface area contributed by atoms with E-state index in [9.17, 15) is 0 Å². The topological polar surface area (TPSA) is 0 Å². The molecule has 8 heavy (non-hydrogen) atoms. The van der Waals surface area contributed by atoms with Crippen molar-refractivity contribution < 1.29 is 0 Å². The Bertz CT molecular complexity index is 78.5. The largest absolute Gasteiger partial charge is 0.176 e. The zero-order valence-electron chi connectivity index (χ0n) is 5.59. The molecule has 3 unspecified atom stereocenters. The predicted octanol–water partition coefficient (Wildman–Crippen LogP) is 2.35. The van der Waals surface area contributed by atoms with Crippen molar-refractivity contribution in [1.82, 2.24) is 0 Å². The van der Waals surface area contributed by atoms with Crippen LogP contribution in [0.1, 0.15) is 26.7 Å². The minimum Gasteiger partial charge on any atom is -0.176 e. The molecule has 0 aromatic heterocycles. The number of thiol groups is 1. The van der Waals surface area contributed by atoms with Crippen molar-refractivity contribution in [3.8, 4) is 0 Å². The average Bonchev–Trinajstić information content (AvgIpc) is 2.45. The van der Waals surface area contributed by atoms with Gasteiger partial charge in [-0.25, -0.2) is 0 Å². The van der Waals surface area contributed by atoms with E-state index in [-0.39, 0.29) is 0 Å². The van der Waals surface area contributed by atoms with Crippen molar-refractivity contribution in [2.75, 3.05) is 0 Å². The summed E-state index contributed by atoms with van der Waals surface area (Å²) in [5, 5.41) is 0.685. The van der Waals surface area contributed by atoms with Gasteiger partial charge in [0.05, 0.1) is 0 Å². The van der Waals surface area contributed by atoms with Crippen LogP contribution in [-0.2, 0) is 0 Å². The molecule has 0 saturated heterocycles. The lowest BCUT2D eigenvalue weighted by Crippen LogP contribution is -1.99. The summed E-state index contributed by atoms with van der Waals surface area (Å²) in [6.07, 6.45) is 2.65. The van der Waals surface area contributed by atoms with Crippen LogP contribution < -0.4 is 0 Å². The van der Waals surface area contributed by atoms with Gasteiger partial charge < -0.3 is 0 Å². The SMILES string of the molecule is CCC(S)C1CC1C. The lowest BCUT2D eigenvalue weighted by Gasteiger charge is -2.02. The molecular weight excluding hydrogens is 116 g/mol. The summed E-state index contributed by atoms with van der Waals surface area (Å²) in [7, 11) is 0. The molecule has 0 nitrogen and oxygen atoms in total. The smallest absolute Gasteiger partial charge is 0.00451 e. The first-order valence-electron chi connectivity index (χ1n) is 3.43. The van der Waals surface area contributed by atoms with E-state index in [1.807, 2.05) is 0 Å². The fraction of sp³-hybridized carbons (Fsp3) is 1.00. The van der Waals surface area contributed by atoms with Crippen LogP contribution in [0.3, 0.4) is 0 Å². The van der Waals surface area contributed by atoms with Crippen molar-refractivity contribution in [3.05, 3.63) is 0 Å². The molecule has 0 spiro atoms. The quantitative estimate of drug-likeness (QED) is 0.545. The number of rotatable bonds is 2. The maximum Gasteiger partial charge on any atom is 0.00451 e. The van der Waals surface area contributed by atoms with Gasteiger partial charge in [0.1, 0.15) is 0 Å². The molecule has 0 N–H and O–H groups in total. The summed E-state index contributed by atoms with van der Waals surface area (Å²) < 4.78 is 0. The van der Waals surface area contributed by atoms with Crippen LogP contribution in [0.25, 0.3) is 0 Å². The molecule has 1 saturated carbocycles. The van der Waals surface area contributed by atoms with Crippen LogP contribution >= 0.6 is 12.6 Å². The Balaban J connectivity index is 2.18. The van der Waals surface area contributed by atoms with Gasteiger partial charge in [0.2, 0.25) is 0 Å². The number of hydrogen-bond donors (Lipinski definition) is 1. The Hall–Kier alpha value is 0.350. The Morgan fingerprint density at radius 1 is 1.75 bits per heavy atom. The van der Waals surface area contributed by atoms with Gasteiger partial charge in [-0.05, 0) is 24.7 Å². The van der Waals surface area contributed by atoms with Gasteiger partial charge in [0, 0.05) is 5.25 Å². The first kappa shape index (κ1) is 6.47. The molecule has 1 rings (SSSR count). The molecule has 0 aromatic rings. The molecule has 1 aliphatic carbocycles. The standard InChI is InChI=1S/C7H14S/c1-3-7(8)6-4-5(6)2/h5-8H,3-4H2,1-2H3. The minimum atomic E-state index is 0.685. The van der Waals surface area contributed by atoms with E-state index >= 15 is 0 Å². The van der Waals surface area contributed by atoms with E-state index in [1.165, 1.54) is 12.8 Å². The van der Waals surface area contributed by atoms with Crippen LogP contribution in [0.4, 0.5) is 0 Å². The average molecular weight is 130 g/mol. The van der Waals surface area contributed by atoms with Gasteiger partial charge >= 0.3 is 0 Å². The summed E-state index contributed by atoms with van der Waals surface area (Å²) >= 11 is 4.45. The maximum atomic E-state index is 4.45. The van der Waals surface area contributed by atoms with Crippen LogP contribution in [0.15, 0.2) is 0 Å². The highest BCUT2D eigenvalue weighted by Crippen LogP contribution is 2.43. The third-order valence-corrected chi connectivity index (χ3v) is 2.83. The maximum absolute atomic E-state index is 4.45. The second-order valence-corrected chi connectivity index (χ2v) is 3.52. The minimum absolute atomic E-state index is 0.685. The van der Waals surface area contributed by atoms with E-state index in [1.54, 1.807) is 0 Å². The third-order valence-electron chi connectivity index (χ3n) is 2.08. The zero-order chi connectivity index (χ0) is 6.15. The molecule has 0 heterocycles. The van der Waals surface area contributed by atoms with Gasteiger partial charge in [0.15, 0.2) is 0 Å². The first-order chi connectivity index (χ1) is 3.75. The lowest BCUT2D eigenvalue weighted by atomic mass is 10.2. The summed E-state index contributed by atoms with van der Waals surface area (Å²) in [6, 6.07) is 0. The molecule has 0 amide bonds. The van der Waals surface area contributed by atoms with Crippen molar-refractivity contribution in [2.24, 2.45) is 11.8 Å². The summed E-state index contributed by atoms with van der Waals surface area (Å²) in [4.78, 5) is 0. The van der Waals surface area contributed by atoms with Crippen molar-refractivity contribution in [1.29, 1.82) is 0 Å². The highest BCUT2D eigenvalue weighted by molar-refractivity contribution is 7.81. The second kappa shape index (κ2) is 2.30. The molecule has 48 valence electrons. The summed E-state index contributed by atoms with van der Waals surface area (Å²) in [5.41, 5.74) is 0. The van der Waals surface area contributed by atoms with Crippen molar-refractivity contribution in [3.63, 3.8) is 0 Å². The van der Waals surface area contributed by atoms with E-state index in [0.717, 1.165) is 11.8 Å². The van der Waals surface area contributed by atoms with Crippen LogP contribution in [0.2, 0.25) is 0 Å². The molecule has 1 aliphatic rings. The molecule has 0 aromatic carbocycles.